The van der Waals surface area contributed by atoms with Crippen LogP contribution in [-0.4, -0.2) is 79.0 Å². The van der Waals surface area contributed by atoms with Crippen LogP contribution < -0.4 is 10.6 Å². The number of anilines is 2. The molecule has 0 saturated carbocycles. The molecule has 5 N–H and O–H groups in total. The number of carbonyl (C=O) groups is 4. The van der Waals surface area contributed by atoms with Crippen molar-refractivity contribution in [3.63, 3.8) is 0 Å². The summed E-state index contributed by atoms with van der Waals surface area (Å²) >= 11 is 0. The summed E-state index contributed by atoms with van der Waals surface area (Å²) in [5, 5.41) is 34.7. The zero-order valence-corrected chi connectivity index (χ0v) is 30.3. The number of aliphatic hydroxyl groups is 2. The van der Waals surface area contributed by atoms with Gasteiger partial charge in [0.15, 0.2) is 12.2 Å². The van der Waals surface area contributed by atoms with E-state index in [1.54, 1.807) is 58.3 Å². The van der Waals surface area contributed by atoms with E-state index in [1.807, 2.05) is 66.7 Å². The molecule has 0 radical (unpaired) electrons. The summed E-state index contributed by atoms with van der Waals surface area (Å²) in [4.78, 5) is 55.3. The van der Waals surface area contributed by atoms with Gasteiger partial charge in [-0.05, 0) is 72.7 Å². The number of aromatic nitrogens is 2. The summed E-state index contributed by atoms with van der Waals surface area (Å²) in [6.07, 6.45) is 0.719. The molecular formula is C43H44N6O6. The highest BCUT2D eigenvalue weighted by Crippen LogP contribution is 2.29. The second kappa shape index (κ2) is 16.9. The second-order valence-corrected chi connectivity index (χ2v) is 14.1. The average Bonchev–Trinajstić information content (AvgIpc) is 4.00. The number of aromatic amines is 1. The van der Waals surface area contributed by atoms with Gasteiger partial charge in [0.25, 0.3) is 11.8 Å². The lowest BCUT2D eigenvalue weighted by Crippen LogP contribution is -2.40. The van der Waals surface area contributed by atoms with Gasteiger partial charge in [-0.1, -0.05) is 84.9 Å². The molecule has 4 atom stereocenters. The van der Waals surface area contributed by atoms with E-state index >= 15 is 0 Å². The number of benzene rings is 4. The third kappa shape index (κ3) is 8.83. The summed E-state index contributed by atoms with van der Waals surface area (Å²) in [6, 6.07) is 33.8. The Morgan fingerprint density at radius 3 is 1.53 bits per heavy atom. The van der Waals surface area contributed by atoms with Gasteiger partial charge < -0.3 is 30.6 Å². The number of hydrogen-bond acceptors (Lipinski definition) is 7. The van der Waals surface area contributed by atoms with Gasteiger partial charge in [0.1, 0.15) is 0 Å². The molecule has 4 amide bonds. The molecule has 3 heterocycles. The Kier molecular flexibility index (Phi) is 11.4. The van der Waals surface area contributed by atoms with Crippen LogP contribution in [0.5, 0.6) is 0 Å². The second-order valence-electron chi connectivity index (χ2n) is 14.1. The largest absolute Gasteiger partial charge is 0.378 e. The minimum Gasteiger partial charge on any atom is -0.378 e. The Hall–Kier alpha value is -6.11. The first kappa shape index (κ1) is 37.2. The quantitative estimate of drug-likeness (QED) is 0.107. The third-order valence-corrected chi connectivity index (χ3v) is 10.4. The van der Waals surface area contributed by atoms with Crippen molar-refractivity contribution >= 4 is 35.0 Å². The van der Waals surface area contributed by atoms with Crippen molar-refractivity contribution in [3.8, 4) is 22.5 Å². The van der Waals surface area contributed by atoms with Gasteiger partial charge in [0.2, 0.25) is 11.8 Å². The predicted molar refractivity (Wildman–Crippen MR) is 208 cm³/mol. The van der Waals surface area contributed by atoms with E-state index < -0.39 is 12.2 Å². The number of carbonyl (C=O) groups excluding carboxylic acids is 4. The average molecular weight is 741 g/mol. The van der Waals surface area contributed by atoms with Crippen LogP contribution in [0.15, 0.2) is 115 Å². The fraction of sp³-hybridized carbons (Fsp3) is 0.279. The maximum Gasteiger partial charge on any atom is 0.256 e. The first-order valence-corrected chi connectivity index (χ1v) is 18.7. The van der Waals surface area contributed by atoms with Crippen LogP contribution in [0.4, 0.5) is 11.4 Å². The number of H-pyrrole nitrogens is 1. The van der Waals surface area contributed by atoms with Crippen LogP contribution in [-0.2, 0) is 19.2 Å². The Morgan fingerprint density at radius 2 is 1.07 bits per heavy atom. The predicted octanol–water partition coefficient (Wildman–Crippen LogP) is 5.85. The number of nitrogens with one attached hydrogen (secondary N) is 3. The Bertz CT molecular complexity index is 1960. The lowest BCUT2D eigenvalue weighted by Gasteiger charge is -2.26. The van der Waals surface area contributed by atoms with E-state index in [2.05, 4.69) is 20.8 Å². The molecule has 2 aliphatic rings. The monoisotopic (exact) mass is 740 g/mol. The number of nitrogens with zero attached hydrogens (tertiary/aromatic N) is 3. The van der Waals surface area contributed by atoms with Crippen molar-refractivity contribution in [1.82, 2.24) is 20.0 Å². The zero-order chi connectivity index (χ0) is 38.3. The van der Waals surface area contributed by atoms with Crippen molar-refractivity contribution < 1.29 is 29.4 Å². The molecule has 0 unspecified atom stereocenters. The normalized spacial score (nSPS) is 17.8. The maximum absolute atomic E-state index is 13.0. The van der Waals surface area contributed by atoms with Gasteiger partial charge in [0.05, 0.1) is 11.4 Å². The van der Waals surface area contributed by atoms with Crippen LogP contribution >= 0.6 is 0 Å². The van der Waals surface area contributed by atoms with Gasteiger partial charge in [-0.15, -0.1) is 0 Å². The summed E-state index contributed by atoms with van der Waals surface area (Å²) in [6.45, 7) is 1.02. The van der Waals surface area contributed by atoms with Gasteiger partial charge >= 0.3 is 0 Å². The van der Waals surface area contributed by atoms with Crippen molar-refractivity contribution in [3.05, 3.63) is 126 Å². The zero-order valence-electron chi connectivity index (χ0n) is 30.3. The van der Waals surface area contributed by atoms with E-state index in [4.69, 9.17) is 0 Å². The number of amides is 4. The van der Waals surface area contributed by atoms with Crippen LogP contribution in [0.25, 0.3) is 22.5 Å². The minimum absolute atomic E-state index is 0.139. The highest BCUT2D eigenvalue weighted by Gasteiger charge is 2.35. The number of rotatable bonds is 12. The van der Waals surface area contributed by atoms with Crippen molar-refractivity contribution in [2.75, 3.05) is 23.7 Å². The van der Waals surface area contributed by atoms with Crippen LogP contribution in [0, 0.1) is 0 Å². The molecule has 7 rings (SSSR count). The number of likely N-dealkylation sites (tertiary alicyclic amines) is 2. The van der Waals surface area contributed by atoms with Crippen molar-refractivity contribution in [2.24, 2.45) is 0 Å². The van der Waals surface area contributed by atoms with Gasteiger partial charge in [-0.25, -0.2) is 0 Å². The summed E-state index contributed by atoms with van der Waals surface area (Å²) < 4.78 is 0. The summed E-state index contributed by atoms with van der Waals surface area (Å²) in [7, 11) is 0. The molecule has 55 heavy (non-hydrogen) atoms. The van der Waals surface area contributed by atoms with E-state index in [1.165, 1.54) is 0 Å². The number of hydrogen-bond donors (Lipinski definition) is 5. The molecule has 2 aliphatic heterocycles. The third-order valence-electron chi connectivity index (χ3n) is 10.4. The smallest absolute Gasteiger partial charge is 0.256 e. The molecule has 1 aromatic heterocycles. The highest BCUT2D eigenvalue weighted by atomic mass is 16.3. The summed E-state index contributed by atoms with van der Waals surface area (Å²) in [5.74, 6) is -1.18. The van der Waals surface area contributed by atoms with E-state index in [-0.39, 0.29) is 48.6 Å². The van der Waals surface area contributed by atoms with E-state index in [9.17, 15) is 29.4 Å². The molecule has 4 aromatic carbocycles. The SMILES string of the molecule is O=C(C[C@@H]1CCCN1C(=O)[C@H](O)c1ccccc1)Nc1ccc(-c2cc(-c3ccc(NC(=O)C[C@@H]4CCCN4C(=O)[C@H](O)c4ccccc4)cc3)[nH]n2)cc1. The molecule has 5 aromatic rings. The van der Waals surface area contributed by atoms with Crippen LogP contribution in [0.1, 0.15) is 61.9 Å². The molecule has 2 saturated heterocycles. The molecule has 0 aliphatic carbocycles. The minimum atomic E-state index is -1.26. The first-order valence-electron chi connectivity index (χ1n) is 18.7. The molecule has 2 fully saturated rings. The number of aliphatic hydroxyl groups excluding tert-OH is 2. The molecule has 0 spiro atoms. The lowest BCUT2D eigenvalue weighted by molar-refractivity contribution is -0.142. The first-order chi connectivity index (χ1) is 26.7. The van der Waals surface area contributed by atoms with Crippen molar-refractivity contribution in [1.29, 1.82) is 0 Å². The van der Waals surface area contributed by atoms with Crippen molar-refractivity contribution in [2.45, 2.75) is 62.8 Å². The molecule has 12 nitrogen and oxygen atoms in total. The maximum atomic E-state index is 13.0. The summed E-state index contributed by atoms with van der Waals surface area (Å²) in [5.41, 5.74) is 5.55. The topological polar surface area (TPSA) is 168 Å². The Labute approximate surface area is 319 Å². The molecule has 0 bridgehead atoms. The molecular weight excluding hydrogens is 697 g/mol. The fourth-order valence-corrected chi connectivity index (χ4v) is 7.47. The van der Waals surface area contributed by atoms with Gasteiger partial charge in [0, 0.05) is 55.0 Å². The van der Waals surface area contributed by atoms with E-state index in [0.29, 0.717) is 48.4 Å². The van der Waals surface area contributed by atoms with Crippen LogP contribution in [0.3, 0.4) is 0 Å². The molecule has 282 valence electrons. The molecule has 12 heteroatoms. The lowest BCUT2D eigenvalue weighted by atomic mass is 10.1. The Morgan fingerprint density at radius 1 is 0.636 bits per heavy atom. The standard InChI is InChI=1S/C43H44N6O6/c50-38(25-34-13-7-23-48(34)42(54)40(52)30-9-3-1-4-10-30)44-32-19-15-28(16-20-32)36-27-37(47-46-36)29-17-21-33(22-18-29)45-39(51)26-35-14-8-24-49(35)43(55)41(53)31-11-5-2-6-12-31/h1-6,9-12,15-22,27,34-35,40-41,52-53H,7-8,13-14,23-26H2,(H,44,50)(H,45,51)(H,46,47)/t34-,35-,40+,41+/m0/s1. The van der Waals surface area contributed by atoms with Gasteiger partial charge in [-0.2, -0.15) is 5.10 Å². The van der Waals surface area contributed by atoms with E-state index in [0.717, 1.165) is 35.4 Å². The Balaban J connectivity index is 0.894. The van der Waals surface area contributed by atoms with Crippen LogP contribution in [0.2, 0.25) is 0 Å². The fourth-order valence-electron chi connectivity index (χ4n) is 7.47. The highest BCUT2D eigenvalue weighted by molar-refractivity contribution is 5.93. The van der Waals surface area contributed by atoms with Gasteiger partial charge in [-0.3, -0.25) is 24.3 Å².